The van der Waals surface area contributed by atoms with E-state index in [2.05, 4.69) is 27.5 Å². The minimum atomic E-state index is 0.496. The number of aryl methyl sites for hydroxylation is 1. The third-order valence-electron chi connectivity index (χ3n) is 3.09. The summed E-state index contributed by atoms with van der Waals surface area (Å²) in [6, 6.07) is 0. The van der Waals surface area contributed by atoms with Crippen molar-refractivity contribution < 1.29 is 0 Å². The SMILES string of the molecule is CCNc1ncc(C)c(NCC2(C)CC2)n1. The highest BCUT2D eigenvalue weighted by atomic mass is 15.1. The first-order chi connectivity index (χ1) is 7.63. The Morgan fingerprint density at radius 1 is 1.38 bits per heavy atom. The Bertz CT molecular complexity index is 371. The van der Waals surface area contributed by atoms with Gasteiger partial charge in [0.2, 0.25) is 5.95 Å². The van der Waals surface area contributed by atoms with Crippen LogP contribution in [-0.2, 0) is 0 Å². The lowest BCUT2D eigenvalue weighted by molar-refractivity contribution is 0.609. The normalized spacial score (nSPS) is 16.9. The number of rotatable bonds is 5. The van der Waals surface area contributed by atoms with Crippen molar-refractivity contribution in [1.82, 2.24) is 9.97 Å². The number of nitrogens with one attached hydrogen (secondary N) is 2. The molecule has 2 N–H and O–H groups in total. The van der Waals surface area contributed by atoms with Gasteiger partial charge in [-0.2, -0.15) is 4.98 Å². The lowest BCUT2D eigenvalue weighted by Crippen LogP contribution is -2.14. The monoisotopic (exact) mass is 220 g/mol. The molecule has 4 heteroatoms. The molecule has 1 saturated carbocycles. The van der Waals surface area contributed by atoms with Crippen LogP contribution in [0.4, 0.5) is 11.8 Å². The molecule has 1 aromatic rings. The predicted octanol–water partition coefficient (Wildman–Crippen LogP) is 2.43. The molecule has 0 aromatic carbocycles. The molecule has 4 nitrogen and oxygen atoms in total. The van der Waals surface area contributed by atoms with Gasteiger partial charge in [-0.15, -0.1) is 0 Å². The first kappa shape index (κ1) is 11.2. The maximum atomic E-state index is 4.46. The van der Waals surface area contributed by atoms with Crippen molar-refractivity contribution in [2.45, 2.75) is 33.6 Å². The van der Waals surface area contributed by atoms with Gasteiger partial charge in [0, 0.05) is 24.8 Å². The smallest absolute Gasteiger partial charge is 0.224 e. The van der Waals surface area contributed by atoms with Crippen molar-refractivity contribution >= 4 is 11.8 Å². The summed E-state index contributed by atoms with van der Waals surface area (Å²) in [5, 5.41) is 6.55. The fourth-order valence-corrected chi connectivity index (χ4v) is 1.55. The molecule has 0 aliphatic heterocycles. The molecule has 0 radical (unpaired) electrons. The molecule has 1 aliphatic rings. The van der Waals surface area contributed by atoms with E-state index in [1.807, 2.05) is 20.0 Å². The Labute approximate surface area is 96.9 Å². The van der Waals surface area contributed by atoms with E-state index in [9.17, 15) is 0 Å². The van der Waals surface area contributed by atoms with Gasteiger partial charge in [0.05, 0.1) is 0 Å². The van der Waals surface area contributed by atoms with E-state index in [1.165, 1.54) is 12.8 Å². The van der Waals surface area contributed by atoms with Gasteiger partial charge in [0.1, 0.15) is 5.82 Å². The van der Waals surface area contributed by atoms with Gasteiger partial charge < -0.3 is 10.6 Å². The van der Waals surface area contributed by atoms with Gasteiger partial charge in [-0.25, -0.2) is 4.98 Å². The molecule has 2 rings (SSSR count). The molecule has 0 atom stereocenters. The topological polar surface area (TPSA) is 49.8 Å². The lowest BCUT2D eigenvalue weighted by Gasteiger charge is -2.13. The van der Waals surface area contributed by atoms with Gasteiger partial charge in [-0.1, -0.05) is 6.92 Å². The number of hydrogen-bond acceptors (Lipinski definition) is 4. The van der Waals surface area contributed by atoms with Gasteiger partial charge >= 0.3 is 0 Å². The zero-order chi connectivity index (χ0) is 11.6. The Kier molecular flexibility index (Phi) is 2.99. The van der Waals surface area contributed by atoms with Crippen LogP contribution in [0.1, 0.15) is 32.3 Å². The number of anilines is 2. The summed E-state index contributed by atoms with van der Waals surface area (Å²) in [6.45, 7) is 8.24. The predicted molar refractivity (Wildman–Crippen MR) is 66.8 cm³/mol. The van der Waals surface area contributed by atoms with Crippen molar-refractivity contribution in [1.29, 1.82) is 0 Å². The third-order valence-corrected chi connectivity index (χ3v) is 3.09. The van der Waals surface area contributed by atoms with Crippen LogP contribution in [-0.4, -0.2) is 23.1 Å². The zero-order valence-electron chi connectivity index (χ0n) is 10.3. The van der Waals surface area contributed by atoms with Crippen molar-refractivity contribution in [2.24, 2.45) is 5.41 Å². The number of hydrogen-bond donors (Lipinski definition) is 2. The molecule has 1 fully saturated rings. The molecule has 0 saturated heterocycles. The Balaban J connectivity index is 2.03. The van der Waals surface area contributed by atoms with Crippen LogP contribution in [0.15, 0.2) is 6.20 Å². The Morgan fingerprint density at radius 2 is 2.12 bits per heavy atom. The first-order valence-corrected chi connectivity index (χ1v) is 5.94. The molecular formula is C12H20N4. The highest BCUT2D eigenvalue weighted by molar-refractivity contribution is 5.46. The molecule has 88 valence electrons. The average molecular weight is 220 g/mol. The Morgan fingerprint density at radius 3 is 2.75 bits per heavy atom. The quantitative estimate of drug-likeness (QED) is 0.800. The van der Waals surface area contributed by atoms with E-state index in [1.54, 1.807) is 0 Å². The molecule has 1 heterocycles. The van der Waals surface area contributed by atoms with Crippen LogP contribution in [0, 0.1) is 12.3 Å². The van der Waals surface area contributed by atoms with Gasteiger partial charge in [-0.05, 0) is 32.1 Å². The second-order valence-electron chi connectivity index (χ2n) is 4.92. The third kappa shape index (κ3) is 2.62. The summed E-state index contributed by atoms with van der Waals surface area (Å²) in [6.07, 6.45) is 4.51. The van der Waals surface area contributed by atoms with Crippen molar-refractivity contribution in [3.8, 4) is 0 Å². The molecule has 0 bridgehead atoms. The summed E-state index contributed by atoms with van der Waals surface area (Å²) in [4.78, 5) is 8.69. The van der Waals surface area contributed by atoms with E-state index in [0.29, 0.717) is 11.4 Å². The number of nitrogens with zero attached hydrogens (tertiary/aromatic N) is 2. The average Bonchev–Trinajstić information content (AvgIpc) is 2.99. The van der Waals surface area contributed by atoms with Gasteiger partial charge in [0.25, 0.3) is 0 Å². The second-order valence-corrected chi connectivity index (χ2v) is 4.92. The molecule has 1 aliphatic carbocycles. The van der Waals surface area contributed by atoms with Gasteiger partial charge in [-0.3, -0.25) is 0 Å². The maximum absolute atomic E-state index is 4.46. The minimum absolute atomic E-state index is 0.496. The lowest BCUT2D eigenvalue weighted by atomic mass is 10.1. The van der Waals surface area contributed by atoms with E-state index in [0.717, 1.165) is 24.5 Å². The van der Waals surface area contributed by atoms with Crippen LogP contribution in [0.3, 0.4) is 0 Å². The maximum Gasteiger partial charge on any atom is 0.224 e. The van der Waals surface area contributed by atoms with Crippen LogP contribution >= 0.6 is 0 Å². The molecular weight excluding hydrogens is 200 g/mol. The van der Waals surface area contributed by atoms with E-state index in [-0.39, 0.29) is 0 Å². The van der Waals surface area contributed by atoms with E-state index in [4.69, 9.17) is 0 Å². The number of aromatic nitrogens is 2. The standard InChI is InChI=1S/C12H20N4/c1-4-13-11-14-7-9(2)10(16-11)15-8-12(3)5-6-12/h7H,4-6,8H2,1-3H3,(H2,13,14,15,16). The van der Waals surface area contributed by atoms with Crippen molar-refractivity contribution in [3.05, 3.63) is 11.8 Å². The summed E-state index contributed by atoms with van der Waals surface area (Å²) in [7, 11) is 0. The molecule has 0 amide bonds. The Hall–Kier alpha value is -1.32. The summed E-state index contributed by atoms with van der Waals surface area (Å²) in [5.74, 6) is 1.66. The van der Waals surface area contributed by atoms with Crippen LogP contribution < -0.4 is 10.6 Å². The highest BCUT2D eigenvalue weighted by Gasteiger charge is 2.36. The van der Waals surface area contributed by atoms with Crippen LogP contribution in [0.25, 0.3) is 0 Å². The van der Waals surface area contributed by atoms with Crippen molar-refractivity contribution in [2.75, 3.05) is 23.7 Å². The first-order valence-electron chi connectivity index (χ1n) is 5.94. The molecule has 0 unspecified atom stereocenters. The second kappa shape index (κ2) is 4.28. The minimum Gasteiger partial charge on any atom is -0.369 e. The van der Waals surface area contributed by atoms with E-state index >= 15 is 0 Å². The zero-order valence-corrected chi connectivity index (χ0v) is 10.3. The largest absolute Gasteiger partial charge is 0.369 e. The van der Waals surface area contributed by atoms with Crippen LogP contribution in [0.5, 0.6) is 0 Å². The summed E-state index contributed by atoms with van der Waals surface area (Å²) >= 11 is 0. The molecule has 16 heavy (non-hydrogen) atoms. The van der Waals surface area contributed by atoms with E-state index < -0.39 is 0 Å². The molecule has 0 spiro atoms. The molecule has 1 aromatic heterocycles. The van der Waals surface area contributed by atoms with Crippen molar-refractivity contribution in [3.63, 3.8) is 0 Å². The van der Waals surface area contributed by atoms with Gasteiger partial charge in [0.15, 0.2) is 0 Å². The van der Waals surface area contributed by atoms with Crippen LogP contribution in [0.2, 0.25) is 0 Å². The summed E-state index contributed by atoms with van der Waals surface area (Å²) < 4.78 is 0. The summed E-state index contributed by atoms with van der Waals surface area (Å²) in [5.41, 5.74) is 1.60. The fraction of sp³-hybridized carbons (Fsp3) is 0.667. The fourth-order valence-electron chi connectivity index (χ4n) is 1.55. The highest BCUT2D eigenvalue weighted by Crippen LogP contribution is 2.44.